The van der Waals surface area contributed by atoms with Gasteiger partial charge in [-0.3, -0.25) is 9.79 Å². The third kappa shape index (κ3) is 8.98. The van der Waals surface area contributed by atoms with Gasteiger partial charge < -0.3 is 28.4 Å². The van der Waals surface area contributed by atoms with Gasteiger partial charge in [-0.25, -0.2) is 0 Å². The molecule has 0 rings (SSSR count). The molecule has 0 aromatic heterocycles. The maximum absolute atomic E-state index is 11.6. The molecular formula is C13H27N2O6Si-. The van der Waals surface area contributed by atoms with E-state index < -0.39 is 20.5 Å². The van der Waals surface area contributed by atoms with E-state index >= 15 is 0 Å². The average molecular weight is 335 g/mol. The van der Waals surface area contributed by atoms with Gasteiger partial charge in [0.05, 0.1) is 0 Å². The van der Waals surface area contributed by atoms with E-state index in [0.717, 1.165) is 0 Å². The zero-order chi connectivity index (χ0) is 17.2. The Morgan fingerprint density at radius 1 is 1.18 bits per heavy atom. The Hall–Kier alpha value is -1.16. The number of carbonyl (C=O) groups is 1. The number of nitrogens with zero attached hydrogens (tertiary/aromatic N) is 1. The molecule has 0 aromatic rings. The highest BCUT2D eigenvalue weighted by molar-refractivity contribution is 6.60. The molecule has 0 heterocycles. The lowest BCUT2D eigenvalue weighted by Gasteiger charge is -2.29. The minimum atomic E-state index is -2.60. The second-order valence-corrected chi connectivity index (χ2v) is 8.64. The molecule has 0 saturated heterocycles. The Kier molecular flexibility index (Phi) is 9.26. The molecule has 9 heteroatoms. The number of hydrogen-bond acceptors (Lipinski definition) is 7. The van der Waals surface area contributed by atoms with E-state index in [1.54, 1.807) is 20.8 Å². The van der Waals surface area contributed by atoms with E-state index in [9.17, 15) is 9.90 Å². The van der Waals surface area contributed by atoms with E-state index in [2.05, 4.69) is 10.3 Å². The Bertz CT molecular complexity index is 358. The second-order valence-electron chi connectivity index (χ2n) is 5.55. The fourth-order valence-corrected chi connectivity index (χ4v) is 3.30. The molecule has 8 nitrogen and oxygen atoms in total. The molecule has 0 unspecified atom stereocenters. The highest BCUT2D eigenvalue weighted by Gasteiger charge is 2.36. The summed E-state index contributed by atoms with van der Waals surface area (Å²) in [5.74, 6) is -0.342. The van der Waals surface area contributed by atoms with Crippen LogP contribution in [0.2, 0.25) is 6.04 Å². The Morgan fingerprint density at radius 3 is 2.18 bits per heavy atom. The van der Waals surface area contributed by atoms with Gasteiger partial charge in [-0.15, -0.1) is 0 Å². The van der Waals surface area contributed by atoms with Crippen LogP contribution in [0.3, 0.4) is 0 Å². The van der Waals surface area contributed by atoms with E-state index in [1.807, 2.05) is 0 Å². The van der Waals surface area contributed by atoms with Crippen LogP contribution in [0.1, 0.15) is 27.2 Å². The van der Waals surface area contributed by atoms with Crippen LogP contribution in [0.5, 0.6) is 0 Å². The predicted molar refractivity (Wildman–Crippen MR) is 82.4 cm³/mol. The molecule has 1 amide bonds. The van der Waals surface area contributed by atoms with Crippen molar-refractivity contribution in [1.82, 2.24) is 5.32 Å². The lowest BCUT2D eigenvalue weighted by molar-refractivity contribution is -0.260. The summed E-state index contributed by atoms with van der Waals surface area (Å²) in [7, 11) is 2.02. The largest absolute Gasteiger partial charge is 0.595 e. The SMILES string of the molecule is CO[Si](CCCNC(=O)CN=C([O-])OC(C)(C)C)(OC)OC. The number of carbonyl (C=O) groups excluding carboxylic acids is 1. The van der Waals surface area contributed by atoms with Gasteiger partial charge in [-0.05, 0) is 6.42 Å². The van der Waals surface area contributed by atoms with E-state index in [0.29, 0.717) is 19.0 Å². The van der Waals surface area contributed by atoms with Crippen LogP contribution < -0.4 is 10.4 Å². The third-order valence-electron chi connectivity index (χ3n) is 2.66. The first-order valence-electron chi connectivity index (χ1n) is 7.00. The zero-order valence-corrected chi connectivity index (χ0v) is 15.2. The van der Waals surface area contributed by atoms with Crippen molar-refractivity contribution < 1.29 is 27.9 Å². The molecule has 130 valence electrons. The minimum absolute atomic E-state index is 0.254. The quantitative estimate of drug-likeness (QED) is 0.273. The number of hydrogen-bond donors (Lipinski definition) is 1. The first-order chi connectivity index (χ1) is 10.2. The molecule has 0 spiro atoms. The number of ether oxygens (including phenoxy) is 1. The lowest BCUT2D eigenvalue weighted by atomic mass is 10.2. The molecule has 0 atom stereocenters. The molecular weight excluding hydrogens is 308 g/mol. The lowest BCUT2D eigenvalue weighted by Crippen LogP contribution is -2.43. The predicted octanol–water partition coefficient (Wildman–Crippen LogP) is -0.0978. The molecule has 0 fully saturated rings. The normalized spacial score (nSPS) is 13.1. The van der Waals surface area contributed by atoms with Crippen LogP contribution in [-0.2, 0) is 22.8 Å². The van der Waals surface area contributed by atoms with Gasteiger partial charge in [-0.2, -0.15) is 0 Å². The summed E-state index contributed by atoms with van der Waals surface area (Å²) < 4.78 is 20.8. The summed E-state index contributed by atoms with van der Waals surface area (Å²) >= 11 is 0. The average Bonchev–Trinajstić information content (AvgIpc) is 2.44. The van der Waals surface area contributed by atoms with Crippen molar-refractivity contribution in [2.24, 2.45) is 4.99 Å². The fraction of sp³-hybridized carbons (Fsp3) is 0.846. The van der Waals surface area contributed by atoms with E-state index in [4.69, 9.17) is 18.0 Å². The van der Waals surface area contributed by atoms with Crippen molar-refractivity contribution in [3.63, 3.8) is 0 Å². The Morgan fingerprint density at radius 2 is 1.73 bits per heavy atom. The second kappa shape index (κ2) is 9.77. The molecule has 0 bridgehead atoms. The first kappa shape index (κ1) is 20.8. The zero-order valence-electron chi connectivity index (χ0n) is 14.2. The molecule has 0 radical (unpaired) electrons. The smallest absolute Gasteiger partial charge is 0.500 e. The summed E-state index contributed by atoms with van der Waals surface area (Å²) in [6.07, 6.45) is -0.105. The summed E-state index contributed by atoms with van der Waals surface area (Å²) in [5, 5.41) is 14.0. The van der Waals surface area contributed by atoms with Crippen molar-refractivity contribution >= 4 is 20.8 Å². The summed E-state index contributed by atoms with van der Waals surface area (Å²) in [6.45, 7) is 5.37. The third-order valence-corrected chi connectivity index (χ3v) is 5.49. The van der Waals surface area contributed by atoms with Crippen molar-refractivity contribution in [1.29, 1.82) is 0 Å². The summed E-state index contributed by atoms with van der Waals surface area (Å²) in [4.78, 5) is 15.1. The van der Waals surface area contributed by atoms with Crippen LogP contribution in [0.4, 0.5) is 0 Å². The fourth-order valence-electron chi connectivity index (χ4n) is 1.58. The van der Waals surface area contributed by atoms with Crippen molar-refractivity contribution in [3.8, 4) is 0 Å². The number of aliphatic imine (C=N–C) groups is 1. The Labute approximate surface area is 133 Å². The molecule has 0 saturated carbocycles. The van der Waals surface area contributed by atoms with Gasteiger partial charge >= 0.3 is 8.80 Å². The van der Waals surface area contributed by atoms with Crippen LogP contribution in [0.25, 0.3) is 0 Å². The van der Waals surface area contributed by atoms with E-state index in [1.165, 1.54) is 21.3 Å². The molecule has 0 aromatic carbocycles. The van der Waals surface area contributed by atoms with Gasteiger partial charge in [0.15, 0.2) is 0 Å². The highest BCUT2D eigenvalue weighted by atomic mass is 28.4. The molecule has 0 aliphatic heterocycles. The monoisotopic (exact) mass is 335 g/mol. The number of amides is 1. The molecule has 22 heavy (non-hydrogen) atoms. The number of rotatable bonds is 9. The van der Waals surface area contributed by atoms with Gasteiger partial charge in [-0.1, -0.05) is 20.8 Å². The first-order valence-corrected chi connectivity index (χ1v) is 8.94. The topological polar surface area (TPSA) is 101 Å². The minimum Gasteiger partial charge on any atom is -0.595 e. The van der Waals surface area contributed by atoms with Gasteiger partial charge in [0, 0.05) is 39.5 Å². The number of nitrogens with one attached hydrogen (secondary N) is 1. The maximum atomic E-state index is 11.6. The standard InChI is InChI=1S/C13H28N2O6Si/c1-13(2,3)21-12(17)15-10-11(16)14-8-7-9-22(18-4,19-5)20-6/h7-10H2,1-6H3,(H,14,16)(H,15,17)/p-1. The molecule has 0 aliphatic rings. The van der Waals surface area contributed by atoms with Gasteiger partial charge in [0.1, 0.15) is 12.6 Å². The highest BCUT2D eigenvalue weighted by Crippen LogP contribution is 2.14. The summed E-state index contributed by atoms with van der Waals surface area (Å²) in [6, 6.07) is 0.583. The maximum Gasteiger partial charge on any atom is 0.500 e. The molecule has 0 aliphatic carbocycles. The van der Waals surface area contributed by atoms with Crippen molar-refractivity contribution in [3.05, 3.63) is 0 Å². The van der Waals surface area contributed by atoms with E-state index in [-0.39, 0.29) is 12.5 Å². The van der Waals surface area contributed by atoms with Crippen molar-refractivity contribution in [2.45, 2.75) is 38.8 Å². The van der Waals surface area contributed by atoms with Crippen molar-refractivity contribution in [2.75, 3.05) is 34.4 Å². The molecule has 1 N–H and O–H groups in total. The van der Waals surface area contributed by atoms with Crippen LogP contribution >= 0.6 is 0 Å². The Balaban J connectivity index is 4.03. The van der Waals surface area contributed by atoms with Gasteiger partial charge in [0.2, 0.25) is 5.91 Å². The summed E-state index contributed by atoms with van der Waals surface area (Å²) in [5.41, 5.74) is -0.620. The van der Waals surface area contributed by atoms with Crippen LogP contribution in [0, 0.1) is 0 Å². The van der Waals surface area contributed by atoms with Crippen LogP contribution in [-0.4, -0.2) is 60.8 Å². The van der Waals surface area contributed by atoms with Gasteiger partial charge in [0.25, 0.3) is 0 Å². The van der Waals surface area contributed by atoms with Crippen LogP contribution in [0.15, 0.2) is 4.99 Å².